The summed E-state index contributed by atoms with van der Waals surface area (Å²) in [4.78, 5) is 11.3. The molecule has 2 aliphatic carbocycles. The summed E-state index contributed by atoms with van der Waals surface area (Å²) in [5.41, 5.74) is 1.22. The van der Waals surface area contributed by atoms with E-state index in [1.54, 1.807) is 12.1 Å². The normalized spacial score (nSPS) is 25.1. The van der Waals surface area contributed by atoms with Gasteiger partial charge in [0.25, 0.3) is 0 Å². The number of benzene rings is 1. The van der Waals surface area contributed by atoms with Gasteiger partial charge >= 0.3 is 5.97 Å². The maximum atomic E-state index is 14.0. The molecule has 1 fully saturated rings. The molecule has 0 aromatic heterocycles. The van der Waals surface area contributed by atoms with Crippen LogP contribution in [0, 0.1) is 5.82 Å². The zero-order chi connectivity index (χ0) is 12.0. The van der Waals surface area contributed by atoms with Crippen molar-refractivity contribution in [1.82, 2.24) is 0 Å². The number of rotatable bonds is 1. The van der Waals surface area contributed by atoms with Gasteiger partial charge in [-0.05, 0) is 41.9 Å². The molecule has 3 heteroatoms. The fourth-order valence-corrected chi connectivity index (χ4v) is 3.72. The molecule has 1 N–H and O–H groups in total. The first-order chi connectivity index (χ1) is 8.14. The number of fused-ring (bicyclic) bond motifs is 2. The van der Waals surface area contributed by atoms with Crippen molar-refractivity contribution in [2.45, 2.75) is 43.4 Å². The third-order valence-electron chi connectivity index (χ3n) is 4.41. The van der Waals surface area contributed by atoms with Gasteiger partial charge in [-0.25, -0.2) is 4.39 Å². The molecule has 1 saturated carbocycles. The van der Waals surface area contributed by atoms with Gasteiger partial charge in [0.2, 0.25) is 0 Å². The summed E-state index contributed by atoms with van der Waals surface area (Å²) in [6, 6.07) is 4.87. The average molecular weight is 234 g/mol. The Morgan fingerprint density at radius 1 is 1.35 bits per heavy atom. The molecule has 0 aliphatic heterocycles. The van der Waals surface area contributed by atoms with Gasteiger partial charge in [-0.1, -0.05) is 25.0 Å². The van der Waals surface area contributed by atoms with Crippen LogP contribution >= 0.6 is 0 Å². The largest absolute Gasteiger partial charge is 0.481 e. The molecule has 1 unspecified atom stereocenters. The molecule has 17 heavy (non-hydrogen) atoms. The Morgan fingerprint density at radius 3 is 2.71 bits per heavy atom. The molecule has 2 aliphatic rings. The summed E-state index contributed by atoms with van der Waals surface area (Å²) in [7, 11) is 0. The molecule has 1 spiro atoms. The number of carboxylic acid groups (broad SMARTS) is 1. The quantitative estimate of drug-likeness (QED) is 0.810. The monoisotopic (exact) mass is 234 g/mol. The molecule has 2 nitrogen and oxygen atoms in total. The standard InChI is InChI=1S/C14H15FO2/c15-11-5-3-4-9-10(13(16)17)8-14(12(9)11)6-1-2-7-14/h3-5,10H,1-2,6-8H2,(H,16,17). The summed E-state index contributed by atoms with van der Waals surface area (Å²) >= 11 is 0. The maximum Gasteiger partial charge on any atom is 0.311 e. The number of aliphatic carboxylic acids is 1. The lowest BCUT2D eigenvalue weighted by atomic mass is 9.79. The van der Waals surface area contributed by atoms with Crippen molar-refractivity contribution in [3.8, 4) is 0 Å². The summed E-state index contributed by atoms with van der Waals surface area (Å²) in [5.74, 6) is -1.55. The van der Waals surface area contributed by atoms with Crippen LogP contribution in [0.4, 0.5) is 4.39 Å². The lowest BCUT2D eigenvalue weighted by Crippen LogP contribution is -2.20. The highest BCUT2D eigenvalue weighted by molar-refractivity contribution is 5.79. The van der Waals surface area contributed by atoms with E-state index < -0.39 is 11.9 Å². The van der Waals surface area contributed by atoms with Crippen molar-refractivity contribution in [1.29, 1.82) is 0 Å². The topological polar surface area (TPSA) is 37.3 Å². The van der Waals surface area contributed by atoms with Crippen molar-refractivity contribution in [2.75, 3.05) is 0 Å². The van der Waals surface area contributed by atoms with E-state index in [1.165, 1.54) is 6.07 Å². The lowest BCUT2D eigenvalue weighted by molar-refractivity contribution is -0.139. The van der Waals surface area contributed by atoms with Gasteiger partial charge in [0, 0.05) is 0 Å². The Morgan fingerprint density at radius 2 is 2.06 bits per heavy atom. The Hall–Kier alpha value is -1.38. The number of carbonyl (C=O) groups is 1. The minimum Gasteiger partial charge on any atom is -0.481 e. The second-order valence-electron chi connectivity index (χ2n) is 5.29. The van der Waals surface area contributed by atoms with Crippen LogP contribution in [-0.4, -0.2) is 11.1 Å². The highest BCUT2D eigenvalue weighted by atomic mass is 19.1. The number of carboxylic acids is 1. The molecular weight excluding hydrogens is 219 g/mol. The van der Waals surface area contributed by atoms with Crippen LogP contribution < -0.4 is 0 Å². The van der Waals surface area contributed by atoms with E-state index in [-0.39, 0.29) is 11.2 Å². The zero-order valence-corrected chi connectivity index (χ0v) is 9.58. The molecule has 1 aromatic rings. The van der Waals surface area contributed by atoms with Gasteiger partial charge in [-0.3, -0.25) is 4.79 Å². The predicted octanol–water partition coefficient (Wildman–Crippen LogP) is 3.21. The first kappa shape index (κ1) is 10.8. The first-order valence-electron chi connectivity index (χ1n) is 6.16. The molecule has 3 rings (SSSR count). The van der Waals surface area contributed by atoms with Crippen LogP contribution in [0.3, 0.4) is 0 Å². The van der Waals surface area contributed by atoms with Gasteiger partial charge in [-0.15, -0.1) is 0 Å². The van der Waals surface area contributed by atoms with E-state index in [4.69, 9.17) is 0 Å². The average Bonchev–Trinajstić information content (AvgIpc) is 2.87. The van der Waals surface area contributed by atoms with Gasteiger partial charge in [0.05, 0.1) is 5.92 Å². The molecule has 0 heterocycles. The molecule has 0 saturated heterocycles. The summed E-state index contributed by atoms with van der Waals surface area (Å²) < 4.78 is 14.0. The predicted molar refractivity (Wildman–Crippen MR) is 61.5 cm³/mol. The van der Waals surface area contributed by atoms with E-state index in [0.29, 0.717) is 17.5 Å². The van der Waals surface area contributed by atoms with Crippen molar-refractivity contribution in [3.05, 3.63) is 35.1 Å². The molecule has 1 atom stereocenters. The lowest BCUT2D eigenvalue weighted by Gasteiger charge is -2.24. The third-order valence-corrected chi connectivity index (χ3v) is 4.41. The maximum absolute atomic E-state index is 14.0. The van der Waals surface area contributed by atoms with Crippen LogP contribution in [0.2, 0.25) is 0 Å². The van der Waals surface area contributed by atoms with Crippen molar-refractivity contribution < 1.29 is 14.3 Å². The molecule has 0 amide bonds. The molecule has 0 bridgehead atoms. The Bertz CT molecular complexity index is 475. The number of halogens is 1. The van der Waals surface area contributed by atoms with Crippen LogP contribution in [0.15, 0.2) is 18.2 Å². The first-order valence-corrected chi connectivity index (χ1v) is 6.16. The van der Waals surface area contributed by atoms with E-state index in [2.05, 4.69) is 0 Å². The number of hydrogen-bond acceptors (Lipinski definition) is 1. The smallest absolute Gasteiger partial charge is 0.311 e. The molecular formula is C14H15FO2. The van der Waals surface area contributed by atoms with Crippen molar-refractivity contribution >= 4 is 5.97 Å². The second kappa shape index (κ2) is 3.56. The molecule has 1 aromatic carbocycles. The summed E-state index contributed by atoms with van der Waals surface area (Å²) in [6.07, 6.45) is 4.62. The van der Waals surface area contributed by atoms with Gasteiger partial charge < -0.3 is 5.11 Å². The van der Waals surface area contributed by atoms with Crippen molar-refractivity contribution in [3.63, 3.8) is 0 Å². The van der Waals surface area contributed by atoms with E-state index in [1.807, 2.05) is 0 Å². The zero-order valence-electron chi connectivity index (χ0n) is 9.58. The highest BCUT2D eigenvalue weighted by Gasteiger charge is 2.49. The molecule has 0 radical (unpaired) electrons. The summed E-state index contributed by atoms with van der Waals surface area (Å²) in [5, 5.41) is 9.27. The fourth-order valence-electron chi connectivity index (χ4n) is 3.72. The van der Waals surface area contributed by atoms with Crippen LogP contribution in [0.25, 0.3) is 0 Å². The van der Waals surface area contributed by atoms with E-state index in [0.717, 1.165) is 25.7 Å². The van der Waals surface area contributed by atoms with Gasteiger partial charge in [-0.2, -0.15) is 0 Å². The summed E-state index contributed by atoms with van der Waals surface area (Å²) in [6.45, 7) is 0. The Kier molecular flexibility index (Phi) is 2.25. The van der Waals surface area contributed by atoms with Gasteiger partial charge in [0.1, 0.15) is 5.82 Å². The molecule has 90 valence electrons. The van der Waals surface area contributed by atoms with Crippen molar-refractivity contribution in [2.24, 2.45) is 0 Å². The minimum absolute atomic E-state index is 0.191. The van der Waals surface area contributed by atoms with Crippen LogP contribution in [0.5, 0.6) is 0 Å². The van der Waals surface area contributed by atoms with Crippen LogP contribution in [-0.2, 0) is 10.2 Å². The van der Waals surface area contributed by atoms with Gasteiger partial charge in [0.15, 0.2) is 0 Å². The second-order valence-corrected chi connectivity index (χ2v) is 5.29. The van der Waals surface area contributed by atoms with E-state index in [9.17, 15) is 14.3 Å². The highest BCUT2D eigenvalue weighted by Crippen LogP contribution is 2.55. The SMILES string of the molecule is O=C(O)C1CC2(CCCC2)c2c(F)cccc21. The number of hydrogen-bond donors (Lipinski definition) is 1. The van der Waals surface area contributed by atoms with E-state index >= 15 is 0 Å². The van der Waals surface area contributed by atoms with Crippen LogP contribution in [0.1, 0.15) is 49.1 Å². The third kappa shape index (κ3) is 1.41. The minimum atomic E-state index is -0.819. The Balaban J connectivity index is 2.18. The fraction of sp³-hybridized carbons (Fsp3) is 0.500. The Labute approximate surface area is 99.5 Å².